The average Bonchev–Trinajstić information content (AvgIpc) is 2.40. The van der Waals surface area contributed by atoms with Crippen LogP contribution in [-0.4, -0.2) is 49.7 Å². The van der Waals surface area contributed by atoms with Gasteiger partial charge in [0.1, 0.15) is 12.7 Å². The molecular formula is C14H25F5O3. The van der Waals surface area contributed by atoms with Crippen molar-refractivity contribution in [2.24, 2.45) is 0 Å². The van der Waals surface area contributed by atoms with E-state index in [0.717, 1.165) is 25.7 Å². The molecule has 0 aromatic carbocycles. The highest BCUT2D eigenvalue weighted by molar-refractivity contribution is 4.75. The lowest BCUT2D eigenvalue weighted by molar-refractivity contribution is -0.298. The van der Waals surface area contributed by atoms with Crippen LogP contribution in [0.4, 0.5) is 22.0 Å². The topological polar surface area (TPSA) is 38.7 Å². The van der Waals surface area contributed by atoms with Crippen molar-refractivity contribution in [1.29, 1.82) is 0 Å². The van der Waals surface area contributed by atoms with Crippen LogP contribution in [0.2, 0.25) is 0 Å². The van der Waals surface area contributed by atoms with E-state index in [-0.39, 0.29) is 6.61 Å². The summed E-state index contributed by atoms with van der Waals surface area (Å²) in [6, 6.07) is 0. The fraction of sp³-hybridized carbons (Fsp3) is 1.00. The van der Waals surface area contributed by atoms with Crippen molar-refractivity contribution in [1.82, 2.24) is 0 Å². The minimum absolute atomic E-state index is 0.146. The van der Waals surface area contributed by atoms with Crippen molar-refractivity contribution in [3.8, 4) is 0 Å². The molecule has 0 aromatic rings. The van der Waals surface area contributed by atoms with E-state index >= 15 is 0 Å². The predicted molar refractivity (Wildman–Crippen MR) is 72.0 cm³/mol. The molecule has 1 unspecified atom stereocenters. The SMILES string of the molecule is CCCCCCCCOCC(O)COCC(F)(F)C(F)(F)F. The molecule has 0 heterocycles. The van der Waals surface area contributed by atoms with Crippen LogP contribution < -0.4 is 0 Å². The summed E-state index contributed by atoms with van der Waals surface area (Å²) in [6.45, 7) is -0.0290. The van der Waals surface area contributed by atoms with Crippen molar-refractivity contribution in [2.45, 2.75) is 63.7 Å². The Balaban J connectivity index is 3.53. The van der Waals surface area contributed by atoms with E-state index in [1.54, 1.807) is 0 Å². The molecule has 134 valence electrons. The summed E-state index contributed by atoms with van der Waals surface area (Å²) < 4.78 is 69.8. The first-order valence-corrected chi connectivity index (χ1v) is 7.48. The van der Waals surface area contributed by atoms with Crippen LogP contribution in [0.3, 0.4) is 0 Å². The molecular weight excluding hydrogens is 311 g/mol. The van der Waals surface area contributed by atoms with Crippen molar-refractivity contribution in [2.75, 3.05) is 26.4 Å². The molecule has 3 nitrogen and oxygen atoms in total. The highest BCUT2D eigenvalue weighted by Gasteiger charge is 2.57. The highest BCUT2D eigenvalue weighted by atomic mass is 19.4. The molecule has 0 radical (unpaired) electrons. The quantitative estimate of drug-likeness (QED) is 0.409. The van der Waals surface area contributed by atoms with Crippen LogP contribution in [0.25, 0.3) is 0 Å². The lowest BCUT2D eigenvalue weighted by Crippen LogP contribution is -2.41. The lowest BCUT2D eigenvalue weighted by atomic mass is 10.1. The van der Waals surface area contributed by atoms with Gasteiger partial charge in [0.15, 0.2) is 0 Å². The molecule has 0 bridgehead atoms. The molecule has 0 rings (SSSR count). The Morgan fingerprint density at radius 3 is 2.00 bits per heavy atom. The number of alkyl halides is 5. The van der Waals surface area contributed by atoms with Gasteiger partial charge in [0.25, 0.3) is 0 Å². The van der Waals surface area contributed by atoms with Crippen LogP contribution in [-0.2, 0) is 9.47 Å². The minimum Gasteiger partial charge on any atom is -0.388 e. The zero-order valence-electron chi connectivity index (χ0n) is 12.8. The smallest absolute Gasteiger partial charge is 0.388 e. The molecule has 0 amide bonds. The summed E-state index contributed by atoms with van der Waals surface area (Å²) >= 11 is 0. The van der Waals surface area contributed by atoms with Crippen LogP contribution in [0, 0.1) is 0 Å². The number of unbranched alkanes of at least 4 members (excludes halogenated alkanes) is 5. The molecule has 0 fully saturated rings. The Hall–Kier alpha value is -0.470. The normalized spacial score (nSPS) is 14.3. The molecule has 22 heavy (non-hydrogen) atoms. The monoisotopic (exact) mass is 336 g/mol. The van der Waals surface area contributed by atoms with E-state index in [1.165, 1.54) is 12.8 Å². The summed E-state index contributed by atoms with van der Waals surface area (Å²) in [5.41, 5.74) is 0. The number of halogens is 5. The highest BCUT2D eigenvalue weighted by Crippen LogP contribution is 2.35. The maximum Gasteiger partial charge on any atom is 0.455 e. The number of aliphatic hydroxyl groups is 1. The van der Waals surface area contributed by atoms with Crippen molar-refractivity contribution in [3.05, 3.63) is 0 Å². The molecule has 0 aliphatic carbocycles. The Kier molecular flexibility index (Phi) is 10.9. The predicted octanol–water partition coefficient (Wildman–Crippen LogP) is 3.94. The van der Waals surface area contributed by atoms with Gasteiger partial charge < -0.3 is 14.6 Å². The van der Waals surface area contributed by atoms with Gasteiger partial charge in [0, 0.05) is 6.61 Å². The molecule has 0 aliphatic heterocycles. The molecule has 0 aromatic heterocycles. The Bertz CT molecular complexity index is 272. The van der Waals surface area contributed by atoms with Gasteiger partial charge in [-0.25, -0.2) is 0 Å². The van der Waals surface area contributed by atoms with Crippen LogP contribution in [0.15, 0.2) is 0 Å². The van der Waals surface area contributed by atoms with Gasteiger partial charge in [-0.3, -0.25) is 0 Å². The Morgan fingerprint density at radius 1 is 0.864 bits per heavy atom. The molecule has 0 aliphatic rings. The maximum atomic E-state index is 12.5. The first kappa shape index (κ1) is 21.5. The van der Waals surface area contributed by atoms with E-state index in [2.05, 4.69) is 11.7 Å². The number of aliphatic hydroxyl groups excluding tert-OH is 1. The lowest BCUT2D eigenvalue weighted by Gasteiger charge is -2.20. The summed E-state index contributed by atoms with van der Waals surface area (Å²) in [6.07, 6.45) is -0.408. The number of hydrogen-bond donors (Lipinski definition) is 1. The van der Waals surface area contributed by atoms with E-state index in [4.69, 9.17) is 4.74 Å². The summed E-state index contributed by atoms with van der Waals surface area (Å²) in [5.74, 6) is -4.91. The van der Waals surface area contributed by atoms with Crippen LogP contribution in [0.5, 0.6) is 0 Å². The summed E-state index contributed by atoms with van der Waals surface area (Å²) in [4.78, 5) is 0. The van der Waals surface area contributed by atoms with E-state index < -0.39 is 31.4 Å². The first-order valence-electron chi connectivity index (χ1n) is 7.48. The number of rotatable bonds is 13. The van der Waals surface area contributed by atoms with Crippen LogP contribution in [0.1, 0.15) is 45.4 Å². The molecule has 0 saturated heterocycles. The molecule has 0 saturated carbocycles. The second-order valence-corrected chi connectivity index (χ2v) is 5.21. The fourth-order valence-corrected chi connectivity index (χ4v) is 1.66. The number of hydrogen-bond acceptors (Lipinski definition) is 3. The van der Waals surface area contributed by atoms with Crippen molar-refractivity contribution < 1.29 is 36.5 Å². The summed E-state index contributed by atoms with van der Waals surface area (Å²) in [5, 5.41) is 9.35. The van der Waals surface area contributed by atoms with Gasteiger partial charge in [-0.15, -0.1) is 0 Å². The molecule has 0 spiro atoms. The van der Waals surface area contributed by atoms with Crippen molar-refractivity contribution >= 4 is 0 Å². The Labute approximate surface area is 127 Å². The number of ether oxygens (including phenoxy) is 2. The molecule has 1 atom stereocenters. The van der Waals surface area contributed by atoms with Gasteiger partial charge in [-0.05, 0) is 6.42 Å². The van der Waals surface area contributed by atoms with Gasteiger partial charge in [0.2, 0.25) is 0 Å². The standard InChI is InChI=1S/C14H25F5O3/c1-2-3-4-5-6-7-8-21-9-12(20)10-22-11-13(15,16)14(17,18)19/h12,20H,2-11H2,1H3. The van der Waals surface area contributed by atoms with Crippen molar-refractivity contribution in [3.63, 3.8) is 0 Å². The van der Waals surface area contributed by atoms with Crippen LogP contribution >= 0.6 is 0 Å². The van der Waals surface area contributed by atoms with Gasteiger partial charge in [0.05, 0.1) is 13.2 Å². The van der Waals surface area contributed by atoms with Gasteiger partial charge in [-0.2, -0.15) is 22.0 Å². The van der Waals surface area contributed by atoms with E-state index in [0.29, 0.717) is 6.61 Å². The van der Waals surface area contributed by atoms with E-state index in [1.807, 2.05) is 0 Å². The summed E-state index contributed by atoms with van der Waals surface area (Å²) in [7, 11) is 0. The van der Waals surface area contributed by atoms with Gasteiger partial charge in [-0.1, -0.05) is 39.0 Å². The second-order valence-electron chi connectivity index (χ2n) is 5.21. The molecule has 8 heteroatoms. The Morgan fingerprint density at radius 2 is 1.41 bits per heavy atom. The second kappa shape index (κ2) is 11.1. The third kappa shape index (κ3) is 10.3. The third-order valence-corrected chi connectivity index (χ3v) is 2.96. The maximum absolute atomic E-state index is 12.5. The zero-order valence-corrected chi connectivity index (χ0v) is 12.8. The minimum atomic E-state index is -5.65. The average molecular weight is 336 g/mol. The zero-order chi connectivity index (χ0) is 17.1. The molecule has 1 N–H and O–H groups in total. The van der Waals surface area contributed by atoms with E-state index in [9.17, 15) is 27.1 Å². The fourth-order valence-electron chi connectivity index (χ4n) is 1.66. The first-order chi connectivity index (χ1) is 10.2. The van der Waals surface area contributed by atoms with Gasteiger partial charge >= 0.3 is 12.1 Å². The largest absolute Gasteiger partial charge is 0.455 e. The third-order valence-electron chi connectivity index (χ3n) is 2.96.